The van der Waals surface area contributed by atoms with E-state index in [0.717, 1.165) is 0 Å². The predicted molar refractivity (Wildman–Crippen MR) is 48.2 cm³/mol. The Morgan fingerprint density at radius 2 is 1.83 bits per heavy atom. The molecule has 0 aliphatic rings. The number of hydrogen-bond donors (Lipinski definition) is 1. The highest BCUT2D eigenvalue weighted by atomic mass is 19.1. The van der Waals surface area contributed by atoms with Crippen LogP contribution in [0.4, 0.5) is 4.39 Å². The summed E-state index contributed by atoms with van der Waals surface area (Å²) in [6.45, 7) is 3.97. The summed E-state index contributed by atoms with van der Waals surface area (Å²) in [4.78, 5) is 0. The molecule has 1 unspecified atom stereocenters. The zero-order valence-electron chi connectivity index (χ0n) is 7.42. The van der Waals surface area contributed by atoms with Crippen LogP contribution >= 0.6 is 0 Å². The first-order chi connectivity index (χ1) is 5.63. The first-order valence-corrected chi connectivity index (χ1v) is 4.13. The first-order valence-electron chi connectivity index (χ1n) is 4.13. The number of nitrogens with two attached hydrogens (primary N) is 1. The smallest absolute Gasteiger partial charge is 0.127 e. The van der Waals surface area contributed by atoms with Crippen LogP contribution in [-0.2, 0) is 0 Å². The second kappa shape index (κ2) is 3.68. The van der Waals surface area contributed by atoms with E-state index in [2.05, 4.69) is 0 Å². The van der Waals surface area contributed by atoms with Crippen LogP contribution in [0.1, 0.15) is 25.5 Å². The number of hydrogen-bond acceptors (Lipinski definition) is 1. The summed E-state index contributed by atoms with van der Waals surface area (Å²) in [6, 6.07) is 6.45. The molecule has 1 rings (SSSR count). The summed E-state index contributed by atoms with van der Waals surface area (Å²) in [6.07, 6.45) is 0. The highest BCUT2D eigenvalue weighted by molar-refractivity contribution is 5.21. The largest absolute Gasteiger partial charge is 0.324 e. The van der Waals surface area contributed by atoms with Gasteiger partial charge in [-0.2, -0.15) is 0 Å². The molecular formula is C10H14FN. The molecule has 1 atom stereocenters. The molecule has 0 spiro atoms. The maximum atomic E-state index is 13.1. The van der Waals surface area contributed by atoms with Crippen LogP contribution in [-0.4, -0.2) is 0 Å². The van der Waals surface area contributed by atoms with Crippen molar-refractivity contribution in [3.05, 3.63) is 35.6 Å². The average molecular weight is 167 g/mol. The van der Waals surface area contributed by atoms with Gasteiger partial charge in [0, 0.05) is 11.6 Å². The normalized spacial score (nSPS) is 13.4. The van der Waals surface area contributed by atoms with Crippen molar-refractivity contribution in [2.24, 2.45) is 11.7 Å². The molecule has 0 heterocycles. The van der Waals surface area contributed by atoms with E-state index >= 15 is 0 Å². The van der Waals surface area contributed by atoms with Crippen LogP contribution in [0, 0.1) is 11.7 Å². The van der Waals surface area contributed by atoms with Crippen LogP contribution in [0.15, 0.2) is 24.3 Å². The second-order valence-electron chi connectivity index (χ2n) is 3.29. The van der Waals surface area contributed by atoms with Crippen molar-refractivity contribution in [1.29, 1.82) is 0 Å². The molecule has 2 N–H and O–H groups in total. The van der Waals surface area contributed by atoms with Gasteiger partial charge in [-0.05, 0) is 12.0 Å². The van der Waals surface area contributed by atoms with Crippen LogP contribution in [0.5, 0.6) is 0 Å². The number of halogens is 1. The highest BCUT2D eigenvalue weighted by Gasteiger charge is 2.13. The second-order valence-corrected chi connectivity index (χ2v) is 3.29. The van der Waals surface area contributed by atoms with Gasteiger partial charge in [0.15, 0.2) is 0 Å². The monoisotopic (exact) mass is 167 g/mol. The summed E-state index contributed by atoms with van der Waals surface area (Å²) in [7, 11) is 0. The molecule has 0 amide bonds. The topological polar surface area (TPSA) is 26.0 Å². The summed E-state index contributed by atoms with van der Waals surface area (Å²) >= 11 is 0. The van der Waals surface area contributed by atoms with E-state index in [9.17, 15) is 4.39 Å². The Labute approximate surface area is 72.4 Å². The molecule has 0 bridgehead atoms. The molecular weight excluding hydrogens is 153 g/mol. The third kappa shape index (κ3) is 1.83. The third-order valence-electron chi connectivity index (χ3n) is 1.98. The molecule has 0 saturated carbocycles. The van der Waals surface area contributed by atoms with Gasteiger partial charge >= 0.3 is 0 Å². The van der Waals surface area contributed by atoms with Gasteiger partial charge in [0.1, 0.15) is 5.82 Å². The lowest BCUT2D eigenvalue weighted by molar-refractivity contribution is 0.485. The fourth-order valence-corrected chi connectivity index (χ4v) is 1.10. The molecule has 0 radical (unpaired) electrons. The zero-order chi connectivity index (χ0) is 9.14. The summed E-state index contributed by atoms with van der Waals surface area (Å²) in [5.41, 5.74) is 6.40. The number of rotatable bonds is 2. The summed E-state index contributed by atoms with van der Waals surface area (Å²) in [5, 5.41) is 0. The van der Waals surface area contributed by atoms with Gasteiger partial charge in [-0.3, -0.25) is 0 Å². The Morgan fingerprint density at radius 1 is 1.25 bits per heavy atom. The SMILES string of the molecule is CC(C)C(N)c1ccccc1F. The van der Waals surface area contributed by atoms with Crippen LogP contribution < -0.4 is 5.73 Å². The molecule has 12 heavy (non-hydrogen) atoms. The minimum absolute atomic E-state index is 0.203. The maximum Gasteiger partial charge on any atom is 0.127 e. The van der Waals surface area contributed by atoms with Gasteiger partial charge in [0.2, 0.25) is 0 Å². The summed E-state index contributed by atoms with van der Waals surface area (Å²) < 4.78 is 13.1. The van der Waals surface area contributed by atoms with E-state index in [0.29, 0.717) is 5.56 Å². The fraction of sp³-hybridized carbons (Fsp3) is 0.400. The molecule has 0 saturated heterocycles. The number of benzene rings is 1. The lowest BCUT2D eigenvalue weighted by atomic mass is 9.97. The van der Waals surface area contributed by atoms with Crippen LogP contribution in [0.3, 0.4) is 0 Å². The Balaban J connectivity index is 2.94. The maximum absolute atomic E-state index is 13.1. The standard InChI is InChI=1S/C10H14FN/c1-7(2)10(12)8-5-3-4-6-9(8)11/h3-7,10H,12H2,1-2H3. The van der Waals surface area contributed by atoms with Gasteiger partial charge in [0.25, 0.3) is 0 Å². The van der Waals surface area contributed by atoms with Crippen molar-refractivity contribution < 1.29 is 4.39 Å². The molecule has 1 aromatic rings. The van der Waals surface area contributed by atoms with Crippen molar-refractivity contribution in [3.8, 4) is 0 Å². The lowest BCUT2D eigenvalue weighted by Gasteiger charge is -2.16. The minimum Gasteiger partial charge on any atom is -0.324 e. The molecule has 0 aliphatic carbocycles. The fourth-order valence-electron chi connectivity index (χ4n) is 1.10. The van der Waals surface area contributed by atoms with Gasteiger partial charge in [-0.15, -0.1) is 0 Å². The van der Waals surface area contributed by atoms with Gasteiger partial charge in [-0.25, -0.2) is 4.39 Å². The van der Waals surface area contributed by atoms with Crippen molar-refractivity contribution in [2.45, 2.75) is 19.9 Å². The van der Waals surface area contributed by atoms with Crippen molar-refractivity contribution >= 4 is 0 Å². The van der Waals surface area contributed by atoms with E-state index in [-0.39, 0.29) is 17.8 Å². The molecule has 66 valence electrons. The Bertz CT molecular complexity index is 258. The first kappa shape index (κ1) is 9.20. The quantitative estimate of drug-likeness (QED) is 0.719. The summed E-state index contributed by atoms with van der Waals surface area (Å²) in [5.74, 6) is 0.0561. The molecule has 0 aliphatic heterocycles. The van der Waals surface area contributed by atoms with Gasteiger partial charge in [-0.1, -0.05) is 32.0 Å². The van der Waals surface area contributed by atoms with E-state index in [1.807, 2.05) is 13.8 Å². The molecule has 2 heteroatoms. The van der Waals surface area contributed by atoms with Crippen LogP contribution in [0.2, 0.25) is 0 Å². The van der Waals surface area contributed by atoms with E-state index in [1.165, 1.54) is 6.07 Å². The van der Waals surface area contributed by atoms with Gasteiger partial charge < -0.3 is 5.73 Å². The minimum atomic E-state index is -0.210. The predicted octanol–water partition coefficient (Wildman–Crippen LogP) is 2.48. The van der Waals surface area contributed by atoms with Crippen molar-refractivity contribution in [1.82, 2.24) is 0 Å². The molecule has 0 fully saturated rings. The molecule has 1 nitrogen and oxygen atoms in total. The zero-order valence-corrected chi connectivity index (χ0v) is 7.42. The lowest BCUT2D eigenvalue weighted by Crippen LogP contribution is -2.17. The van der Waals surface area contributed by atoms with Crippen molar-refractivity contribution in [2.75, 3.05) is 0 Å². The van der Waals surface area contributed by atoms with Crippen LogP contribution in [0.25, 0.3) is 0 Å². The Morgan fingerprint density at radius 3 is 2.33 bits per heavy atom. The Hall–Kier alpha value is -0.890. The highest BCUT2D eigenvalue weighted by Crippen LogP contribution is 2.20. The van der Waals surface area contributed by atoms with E-state index in [4.69, 9.17) is 5.73 Å². The molecule has 1 aromatic carbocycles. The average Bonchev–Trinajstić information content (AvgIpc) is 2.04. The Kier molecular flexibility index (Phi) is 2.82. The molecule has 0 aromatic heterocycles. The van der Waals surface area contributed by atoms with Crippen molar-refractivity contribution in [3.63, 3.8) is 0 Å². The van der Waals surface area contributed by atoms with E-state index < -0.39 is 0 Å². The third-order valence-corrected chi connectivity index (χ3v) is 1.98. The van der Waals surface area contributed by atoms with E-state index in [1.54, 1.807) is 18.2 Å². The van der Waals surface area contributed by atoms with Gasteiger partial charge in [0.05, 0.1) is 0 Å².